The zero-order valence-electron chi connectivity index (χ0n) is 12.0. The minimum atomic E-state index is 0.0475. The molecule has 1 heterocycles. The van der Waals surface area contributed by atoms with Crippen molar-refractivity contribution < 1.29 is 9.90 Å². The third kappa shape index (κ3) is 3.71. The molecular formula is C15H23N3O2. The van der Waals surface area contributed by atoms with Gasteiger partial charge in [-0.1, -0.05) is 0 Å². The summed E-state index contributed by atoms with van der Waals surface area (Å²) in [5.74, 6) is 0.0475. The van der Waals surface area contributed by atoms with Crippen molar-refractivity contribution >= 4 is 11.6 Å². The van der Waals surface area contributed by atoms with Crippen LogP contribution in [0.4, 0.5) is 5.69 Å². The molecule has 1 aromatic carbocycles. The van der Waals surface area contributed by atoms with E-state index < -0.39 is 0 Å². The number of amides is 1. The summed E-state index contributed by atoms with van der Waals surface area (Å²) in [5.41, 5.74) is 8.11. The smallest absolute Gasteiger partial charge is 0.253 e. The lowest BCUT2D eigenvalue weighted by Gasteiger charge is -2.22. The monoisotopic (exact) mass is 277 g/mol. The molecule has 1 aromatic rings. The van der Waals surface area contributed by atoms with Gasteiger partial charge in [0.25, 0.3) is 5.91 Å². The molecule has 0 saturated carbocycles. The minimum Gasteiger partial charge on any atom is -0.399 e. The van der Waals surface area contributed by atoms with Gasteiger partial charge in [-0.25, -0.2) is 0 Å². The van der Waals surface area contributed by atoms with Crippen LogP contribution in [-0.4, -0.2) is 60.1 Å². The molecule has 3 N–H and O–H groups in total. The summed E-state index contributed by atoms with van der Waals surface area (Å²) in [7, 11) is 0. The van der Waals surface area contributed by atoms with E-state index in [0.29, 0.717) is 24.3 Å². The average Bonchev–Trinajstić information content (AvgIpc) is 2.63. The SMILES string of the molecule is Cc1cc(N)cc(C(=O)N2CCCN(CCO)CC2)c1. The largest absolute Gasteiger partial charge is 0.399 e. The van der Waals surface area contributed by atoms with Crippen molar-refractivity contribution in [3.8, 4) is 0 Å². The highest BCUT2D eigenvalue weighted by molar-refractivity contribution is 5.95. The molecule has 1 saturated heterocycles. The molecule has 5 nitrogen and oxygen atoms in total. The lowest BCUT2D eigenvalue weighted by Crippen LogP contribution is -2.36. The molecule has 0 bridgehead atoms. The van der Waals surface area contributed by atoms with Gasteiger partial charge in [-0.05, 0) is 43.7 Å². The van der Waals surface area contributed by atoms with E-state index in [9.17, 15) is 4.79 Å². The van der Waals surface area contributed by atoms with Crippen molar-refractivity contribution in [3.05, 3.63) is 29.3 Å². The number of aliphatic hydroxyl groups is 1. The predicted octanol–water partition coefficient (Wildman–Crippen LogP) is 0.717. The Labute approximate surface area is 120 Å². The van der Waals surface area contributed by atoms with Crippen molar-refractivity contribution in [3.63, 3.8) is 0 Å². The van der Waals surface area contributed by atoms with Crippen molar-refractivity contribution in [1.29, 1.82) is 0 Å². The molecule has 110 valence electrons. The second-order valence-electron chi connectivity index (χ2n) is 5.34. The van der Waals surface area contributed by atoms with Crippen LogP contribution >= 0.6 is 0 Å². The highest BCUT2D eigenvalue weighted by atomic mass is 16.3. The number of nitrogens with zero attached hydrogens (tertiary/aromatic N) is 2. The number of aliphatic hydroxyl groups excluding tert-OH is 1. The van der Waals surface area contributed by atoms with Crippen molar-refractivity contribution in [2.24, 2.45) is 0 Å². The number of nitrogen functional groups attached to an aromatic ring is 1. The summed E-state index contributed by atoms with van der Waals surface area (Å²) < 4.78 is 0. The Kier molecular flexibility index (Phi) is 4.98. The van der Waals surface area contributed by atoms with E-state index in [4.69, 9.17) is 10.8 Å². The number of rotatable bonds is 3. The summed E-state index contributed by atoms with van der Waals surface area (Å²) in [6.45, 7) is 6.00. The number of β-amino-alcohol motifs (C(OH)–C–C–N with tert-alkyl or cyclic N) is 1. The van der Waals surface area contributed by atoms with Crippen molar-refractivity contribution in [1.82, 2.24) is 9.80 Å². The van der Waals surface area contributed by atoms with Gasteiger partial charge in [0.2, 0.25) is 0 Å². The zero-order valence-corrected chi connectivity index (χ0v) is 12.0. The Morgan fingerprint density at radius 1 is 1.25 bits per heavy atom. The Morgan fingerprint density at radius 3 is 2.75 bits per heavy atom. The number of hydrogen-bond acceptors (Lipinski definition) is 4. The molecular weight excluding hydrogens is 254 g/mol. The van der Waals surface area contributed by atoms with Gasteiger partial charge in [-0.15, -0.1) is 0 Å². The summed E-state index contributed by atoms with van der Waals surface area (Å²) in [6, 6.07) is 5.49. The first-order valence-electron chi connectivity index (χ1n) is 7.10. The molecule has 0 atom stereocenters. The zero-order chi connectivity index (χ0) is 14.5. The molecule has 0 unspecified atom stereocenters. The van der Waals surface area contributed by atoms with Crippen molar-refractivity contribution in [2.75, 3.05) is 45.1 Å². The molecule has 1 amide bonds. The molecule has 0 aliphatic carbocycles. The molecule has 20 heavy (non-hydrogen) atoms. The summed E-state index contributed by atoms with van der Waals surface area (Å²) >= 11 is 0. The Morgan fingerprint density at radius 2 is 2.05 bits per heavy atom. The predicted molar refractivity (Wildman–Crippen MR) is 79.6 cm³/mol. The summed E-state index contributed by atoms with van der Waals surface area (Å²) in [4.78, 5) is 16.6. The maximum absolute atomic E-state index is 12.5. The van der Waals surface area contributed by atoms with Crippen LogP contribution in [0.5, 0.6) is 0 Å². The number of carbonyl (C=O) groups is 1. The Bertz CT molecular complexity index is 456. The quantitative estimate of drug-likeness (QED) is 0.799. The Hall–Kier alpha value is -1.59. The number of benzene rings is 1. The van der Waals surface area contributed by atoms with Crippen LogP contribution in [0.2, 0.25) is 0 Å². The average molecular weight is 277 g/mol. The first-order valence-corrected chi connectivity index (χ1v) is 7.10. The second-order valence-corrected chi connectivity index (χ2v) is 5.34. The van der Waals surface area contributed by atoms with E-state index >= 15 is 0 Å². The van der Waals surface area contributed by atoms with Crippen LogP contribution in [0.15, 0.2) is 18.2 Å². The number of aryl methyl sites for hydroxylation is 1. The van der Waals surface area contributed by atoms with E-state index in [1.54, 1.807) is 6.07 Å². The molecule has 1 fully saturated rings. The van der Waals surface area contributed by atoms with E-state index in [2.05, 4.69) is 4.90 Å². The number of nitrogens with two attached hydrogens (primary N) is 1. The molecule has 0 radical (unpaired) electrons. The van der Waals surface area contributed by atoms with Crippen molar-refractivity contribution in [2.45, 2.75) is 13.3 Å². The van der Waals surface area contributed by atoms with E-state index in [1.807, 2.05) is 24.0 Å². The van der Waals surface area contributed by atoms with Gasteiger partial charge < -0.3 is 15.7 Å². The third-order valence-electron chi connectivity index (χ3n) is 3.64. The van der Waals surface area contributed by atoms with Crippen LogP contribution in [0.1, 0.15) is 22.3 Å². The van der Waals surface area contributed by atoms with Gasteiger partial charge in [0.1, 0.15) is 0 Å². The van der Waals surface area contributed by atoms with Gasteiger partial charge in [0.15, 0.2) is 0 Å². The molecule has 1 aliphatic rings. The van der Waals surface area contributed by atoms with Gasteiger partial charge in [-0.3, -0.25) is 9.69 Å². The first-order chi connectivity index (χ1) is 9.60. The lowest BCUT2D eigenvalue weighted by atomic mass is 10.1. The van der Waals surface area contributed by atoms with E-state index in [0.717, 1.165) is 31.6 Å². The molecule has 0 aromatic heterocycles. The van der Waals surface area contributed by atoms with Crippen LogP contribution < -0.4 is 5.73 Å². The van der Waals surface area contributed by atoms with E-state index in [1.165, 1.54) is 0 Å². The maximum Gasteiger partial charge on any atom is 0.253 e. The summed E-state index contributed by atoms with van der Waals surface area (Å²) in [6.07, 6.45) is 0.938. The molecule has 2 rings (SSSR count). The van der Waals surface area contributed by atoms with Crippen LogP contribution in [0.25, 0.3) is 0 Å². The van der Waals surface area contributed by atoms with Crippen LogP contribution in [0, 0.1) is 6.92 Å². The Balaban J connectivity index is 2.05. The number of carbonyl (C=O) groups excluding carboxylic acids is 1. The van der Waals surface area contributed by atoms with E-state index in [-0.39, 0.29) is 12.5 Å². The maximum atomic E-state index is 12.5. The molecule has 1 aliphatic heterocycles. The summed E-state index contributed by atoms with van der Waals surface area (Å²) in [5, 5.41) is 8.99. The number of hydrogen-bond donors (Lipinski definition) is 2. The van der Waals surface area contributed by atoms with Crippen LogP contribution in [0.3, 0.4) is 0 Å². The minimum absolute atomic E-state index is 0.0475. The standard InChI is InChI=1S/C15H23N3O2/c1-12-9-13(11-14(16)10-12)15(20)18-4-2-3-17(5-6-18)7-8-19/h9-11,19H,2-8,16H2,1H3. The fourth-order valence-electron chi connectivity index (χ4n) is 2.66. The van der Waals surface area contributed by atoms with Gasteiger partial charge in [-0.2, -0.15) is 0 Å². The highest BCUT2D eigenvalue weighted by Gasteiger charge is 2.20. The number of anilines is 1. The van der Waals surface area contributed by atoms with Crippen LogP contribution in [-0.2, 0) is 0 Å². The first kappa shape index (κ1) is 14.8. The molecule has 0 spiro atoms. The fraction of sp³-hybridized carbons (Fsp3) is 0.533. The molecule has 5 heteroatoms. The third-order valence-corrected chi connectivity index (χ3v) is 3.64. The lowest BCUT2D eigenvalue weighted by molar-refractivity contribution is 0.0760. The highest BCUT2D eigenvalue weighted by Crippen LogP contribution is 2.15. The van der Waals surface area contributed by atoms with Gasteiger partial charge >= 0.3 is 0 Å². The topological polar surface area (TPSA) is 69.8 Å². The second kappa shape index (κ2) is 6.72. The normalized spacial score (nSPS) is 17.0. The van der Waals surface area contributed by atoms with Gasteiger partial charge in [0, 0.05) is 37.4 Å². The fourth-order valence-corrected chi connectivity index (χ4v) is 2.66. The van der Waals surface area contributed by atoms with Gasteiger partial charge in [0.05, 0.1) is 6.61 Å².